The van der Waals surface area contributed by atoms with Crippen molar-refractivity contribution in [2.75, 3.05) is 7.11 Å². The minimum Gasteiger partial charge on any atom is -0.493 e. The predicted molar refractivity (Wildman–Crippen MR) is 120 cm³/mol. The number of hydrazone groups is 1. The number of fused-ring (bicyclic) bond motifs is 1. The van der Waals surface area contributed by atoms with Crippen molar-refractivity contribution in [2.45, 2.75) is 6.61 Å². The Hall–Kier alpha value is -3.77. The molecule has 0 bridgehead atoms. The summed E-state index contributed by atoms with van der Waals surface area (Å²) in [5.41, 5.74) is 4.72. The van der Waals surface area contributed by atoms with Gasteiger partial charge in [-0.3, -0.25) is 4.79 Å². The number of carbonyl (C=O) groups excluding carboxylic acids is 1. The molecule has 0 saturated carbocycles. The molecule has 0 radical (unpaired) electrons. The number of rotatable bonds is 7. The summed E-state index contributed by atoms with van der Waals surface area (Å²) < 4.78 is 16.8. The summed E-state index contributed by atoms with van der Waals surface area (Å²) in [4.78, 5) is 12.3. The number of nitrogens with zero attached hydrogens (tertiary/aromatic N) is 1. The number of nitrogens with one attached hydrogen (secondary N) is 1. The second-order valence-corrected chi connectivity index (χ2v) is 7.05. The number of benzene rings is 3. The van der Waals surface area contributed by atoms with Crippen LogP contribution in [0.15, 0.2) is 82.3 Å². The fourth-order valence-corrected chi connectivity index (χ4v) is 3.16. The second-order valence-electron chi connectivity index (χ2n) is 6.64. The van der Waals surface area contributed by atoms with Gasteiger partial charge in [-0.2, -0.15) is 5.10 Å². The maximum Gasteiger partial charge on any atom is 0.307 e. The fourth-order valence-electron chi connectivity index (χ4n) is 2.97. The van der Waals surface area contributed by atoms with Gasteiger partial charge in [0.2, 0.25) is 0 Å². The molecule has 0 fully saturated rings. The van der Waals surface area contributed by atoms with Crippen LogP contribution in [-0.4, -0.2) is 19.2 Å². The van der Waals surface area contributed by atoms with Gasteiger partial charge in [0.25, 0.3) is 0 Å². The number of methoxy groups -OCH3 is 1. The molecule has 0 unspecified atom stereocenters. The third-order valence-corrected chi connectivity index (χ3v) is 4.93. The van der Waals surface area contributed by atoms with Gasteiger partial charge in [0.15, 0.2) is 17.3 Å². The van der Waals surface area contributed by atoms with Crippen molar-refractivity contribution in [1.29, 1.82) is 0 Å². The van der Waals surface area contributed by atoms with Crippen molar-refractivity contribution in [3.63, 3.8) is 0 Å². The minimum absolute atomic E-state index is 0.194. The molecule has 31 heavy (non-hydrogen) atoms. The van der Waals surface area contributed by atoms with E-state index in [4.69, 9.17) is 25.5 Å². The zero-order chi connectivity index (χ0) is 21.6. The molecule has 1 aromatic heterocycles. The number of carbonyl (C=O) groups is 1. The lowest BCUT2D eigenvalue weighted by atomic mass is 10.2. The van der Waals surface area contributed by atoms with Gasteiger partial charge in [0, 0.05) is 16.0 Å². The van der Waals surface area contributed by atoms with E-state index in [-0.39, 0.29) is 5.76 Å². The Labute approximate surface area is 184 Å². The Morgan fingerprint density at radius 2 is 1.87 bits per heavy atom. The predicted octanol–water partition coefficient (Wildman–Crippen LogP) is 5.44. The summed E-state index contributed by atoms with van der Waals surface area (Å²) in [7, 11) is 1.56. The van der Waals surface area contributed by atoms with E-state index in [0.717, 1.165) is 16.5 Å². The molecule has 1 heterocycles. The van der Waals surface area contributed by atoms with Crippen molar-refractivity contribution < 1.29 is 18.7 Å². The molecule has 6 nitrogen and oxygen atoms in total. The molecule has 0 spiro atoms. The standard InChI is InChI=1S/C24H19ClN2O4/c1-29-22-12-16(10-11-21(22)30-15-18-7-2-4-8-19(18)25)14-26-27-24(28)23-13-17-6-3-5-9-20(17)31-23/h2-14H,15H2,1H3,(H,27,28)/b26-14-. The number of hydrogen-bond donors (Lipinski definition) is 1. The van der Waals surface area contributed by atoms with Crippen LogP contribution in [0, 0.1) is 0 Å². The topological polar surface area (TPSA) is 73.1 Å². The average Bonchev–Trinajstić information content (AvgIpc) is 3.23. The molecule has 4 rings (SSSR count). The Bertz CT molecular complexity index is 1220. The van der Waals surface area contributed by atoms with Gasteiger partial charge in [-0.05, 0) is 42.0 Å². The van der Waals surface area contributed by atoms with E-state index in [1.54, 1.807) is 37.4 Å². The summed E-state index contributed by atoms with van der Waals surface area (Å²) in [5, 5.41) is 5.50. The summed E-state index contributed by atoms with van der Waals surface area (Å²) in [6.45, 7) is 0.316. The van der Waals surface area contributed by atoms with Crippen molar-refractivity contribution in [2.24, 2.45) is 5.10 Å². The molecule has 1 amide bonds. The van der Waals surface area contributed by atoms with E-state index in [2.05, 4.69) is 10.5 Å². The van der Waals surface area contributed by atoms with Gasteiger partial charge in [-0.15, -0.1) is 0 Å². The van der Waals surface area contributed by atoms with Crippen LogP contribution < -0.4 is 14.9 Å². The highest BCUT2D eigenvalue weighted by Gasteiger charge is 2.11. The summed E-state index contributed by atoms with van der Waals surface area (Å²) in [6.07, 6.45) is 1.51. The molecule has 4 aromatic rings. The lowest BCUT2D eigenvalue weighted by Crippen LogP contribution is -2.16. The van der Waals surface area contributed by atoms with E-state index in [0.29, 0.717) is 28.7 Å². The van der Waals surface area contributed by atoms with Gasteiger partial charge in [-0.1, -0.05) is 48.0 Å². The molecule has 0 aliphatic carbocycles. The number of halogens is 1. The van der Waals surface area contributed by atoms with Crippen LogP contribution in [0.2, 0.25) is 5.02 Å². The van der Waals surface area contributed by atoms with E-state index in [1.165, 1.54) is 6.21 Å². The van der Waals surface area contributed by atoms with E-state index in [9.17, 15) is 4.79 Å². The highest BCUT2D eigenvalue weighted by atomic mass is 35.5. The lowest BCUT2D eigenvalue weighted by Gasteiger charge is -2.12. The maximum atomic E-state index is 12.3. The van der Waals surface area contributed by atoms with Crippen LogP contribution in [0.3, 0.4) is 0 Å². The fraction of sp³-hybridized carbons (Fsp3) is 0.0833. The zero-order valence-corrected chi connectivity index (χ0v) is 17.4. The van der Waals surface area contributed by atoms with Gasteiger partial charge >= 0.3 is 5.91 Å². The van der Waals surface area contributed by atoms with Crippen LogP contribution in [0.25, 0.3) is 11.0 Å². The number of para-hydroxylation sites is 1. The summed E-state index contributed by atoms with van der Waals surface area (Å²) in [6, 6.07) is 21.9. The van der Waals surface area contributed by atoms with Crippen LogP contribution in [0.4, 0.5) is 0 Å². The number of furan rings is 1. The SMILES string of the molecule is COc1cc(/C=N\NC(=O)c2cc3ccccc3o2)ccc1OCc1ccccc1Cl. The van der Waals surface area contributed by atoms with Crippen LogP contribution in [-0.2, 0) is 6.61 Å². The molecule has 156 valence electrons. The van der Waals surface area contributed by atoms with E-state index >= 15 is 0 Å². The van der Waals surface area contributed by atoms with E-state index < -0.39 is 5.91 Å². The normalized spacial score (nSPS) is 11.0. The Morgan fingerprint density at radius 3 is 2.68 bits per heavy atom. The smallest absolute Gasteiger partial charge is 0.307 e. The quantitative estimate of drug-likeness (QED) is 0.310. The monoisotopic (exact) mass is 434 g/mol. The molecule has 1 N–H and O–H groups in total. The average molecular weight is 435 g/mol. The summed E-state index contributed by atoms with van der Waals surface area (Å²) in [5.74, 6) is 0.879. The zero-order valence-electron chi connectivity index (χ0n) is 16.7. The highest BCUT2D eigenvalue weighted by molar-refractivity contribution is 6.31. The Balaban J connectivity index is 1.40. The third kappa shape index (κ3) is 4.87. The van der Waals surface area contributed by atoms with Gasteiger partial charge < -0.3 is 13.9 Å². The first-order valence-corrected chi connectivity index (χ1v) is 9.88. The van der Waals surface area contributed by atoms with Crippen LogP contribution in [0.5, 0.6) is 11.5 Å². The number of amides is 1. The van der Waals surface area contributed by atoms with Gasteiger partial charge in [-0.25, -0.2) is 5.43 Å². The van der Waals surface area contributed by atoms with Crippen LogP contribution >= 0.6 is 11.6 Å². The highest BCUT2D eigenvalue weighted by Crippen LogP contribution is 2.29. The van der Waals surface area contributed by atoms with Crippen LogP contribution in [0.1, 0.15) is 21.7 Å². The third-order valence-electron chi connectivity index (χ3n) is 4.56. The largest absolute Gasteiger partial charge is 0.493 e. The molecule has 0 atom stereocenters. The first kappa shape index (κ1) is 20.5. The van der Waals surface area contributed by atoms with Crippen molar-refractivity contribution >= 4 is 34.7 Å². The van der Waals surface area contributed by atoms with Crippen molar-refractivity contribution in [3.05, 3.63) is 94.7 Å². The molecule has 7 heteroatoms. The number of hydrogen-bond acceptors (Lipinski definition) is 5. The molecule has 3 aromatic carbocycles. The molecule has 0 aliphatic heterocycles. The number of ether oxygens (including phenoxy) is 2. The van der Waals surface area contributed by atoms with Gasteiger partial charge in [0.05, 0.1) is 13.3 Å². The van der Waals surface area contributed by atoms with Crippen molar-refractivity contribution in [3.8, 4) is 11.5 Å². The molecule has 0 aliphatic rings. The Morgan fingerprint density at radius 1 is 1.06 bits per heavy atom. The first-order chi connectivity index (χ1) is 15.1. The lowest BCUT2D eigenvalue weighted by molar-refractivity contribution is 0.0929. The van der Waals surface area contributed by atoms with E-state index in [1.807, 2.05) is 42.5 Å². The van der Waals surface area contributed by atoms with Gasteiger partial charge in [0.1, 0.15) is 12.2 Å². The first-order valence-electron chi connectivity index (χ1n) is 9.50. The Kier molecular flexibility index (Phi) is 6.19. The minimum atomic E-state index is -0.431. The molecule has 0 saturated heterocycles. The molecular formula is C24H19ClN2O4. The second kappa shape index (κ2) is 9.36. The molecular weight excluding hydrogens is 416 g/mol. The van der Waals surface area contributed by atoms with Crippen molar-refractivity contribution in [1.82, 2.24) is 5.43 Å². The maximum absolute atomic E-state index is 12.3. The summed E-state index contributed by atoms with van der Waals surface area (Å²) >= 11 is 6.17.